The zero-order chi connectivity index (χ0) is 15.1. The molecular weight excluding hydrogens is 260 g/mol. The number of Topliss-reactive ketones (excluding diaryl/α,β-unsaturated/α-hetero) is 1. The predicted molar refractivity (Wildman–Crippen MR) is 85.9 cm³/mol. The Morgan fingerprint density at radius 1 is 1.05 bits per heavy atom. The van der Waals surface area contributed by atoms with Gasteiger partial charge >= 0.3 is 0 Å². The molecule has 0 aromatic heterocycles. The number of ketones is 1. The van der Waals surface area contributed by atoms with E-state index in [0.29, 0.717) is 23.7 Å². The third-order valence-electron chi connectivity index (χ3n) is 3.83. The van der Waals surface area contributed by atoms with Gasteiger partial charge in [0.2, 0.25) is 0 Å². The van der Waals surface area contributed by atoms with E-state index in [9.17, 15) is 4.79 Å². The molecule has 0 aliphatic carbocycles. The summed E-state index contributed by atoms with van der Waals surface area (Å²) in [6.45, 7) is 2.14. The monoisotopic (exact) mass is 282 g/mol. The first-order valence-electron chi connectivity index (χ1n) is 7.44. The Labute approximate surface area is 126 Å². The second-order valence-electron chi connectivity index (χ2n) is 5.29. The van der Waals surface area contributed by atoms with Crippen molar-refractivity contribution >= 4 is 5.78 Å². The van der Waals surface area contributed by atoms with Crippen LogP contribution in [0.2, 0.25) is 0 Å². The molecule has 2 aromatic carbocycles. The molecule has 1 unspecified atom stereocenters. The van der Waals surface area contributed by atoms with E-state index in [2.05, 4.69) is 19.1 Å². The lowest BCUT2D eigenvalue weighted by Crippen LogP contribution is -2.11. The lowest BCUT2D eigenvalue weighted by Gasteiger charge is -2.15. The highest BCUT2D eigenvalue weighted by Gasteiger charge is 2.17. The maximum absolute atomic E-state index is 12.5. The van der Waals surface area contributed by atoms with Gasteiger partial charge in [0.1, 0.15) is 5.75 Å². The van der Waals surface area contributed by atoms with Crippen LogP contribution in [0.25, 0.3) is 0 Å². The molecular formula is C19H22O2. The molecule has 0 fully saturated rings. The number of benzene rings is 2. The number of hydrogen-bond donors (Lipinski definition) is 0. The number of carbonyl (C=O) groups is 1. The Morgan fingerprint density at radius 2 is 1.71 bits per heavy atom. The van der Waals surface area contributed by atoms with Crippen molar-refractivity contribution in [2.75, 3.05) is 7.11 Å². The van der Waals surface area contributed by atoms with Crippen LogP contribution in [0.1, 0.15) is 35.7 Å². The van der Waals surface area contributed by atoms with Crippen LogP contribution < -0.4 is 4.74 Å². The van der Waals surface area contributed by atoms with Crippen molar-refractivity contribution in [3.05, 3.63) is 65.7 Å². The van der Waals surface area contributed by atoms with E-state index in [1.165, 1.54) is 5.56 Å². The lowest BCUT2D eigenvalue weighted by molar-refractivity contribution is 0.0957. The zero-order valence-corrected chi connectivity index (χ0v) is 12.7. The van der Waals surface area contributed by atoms with Crippen molar-refractivity contribution in [3.8, 4) is 5.75 Å². The van der Waals surface area contributed by atoms with Gasteiger partial charge in [0.25, 0.3) is 0 Å². The van der Waals surface area contributed by atoms with E-state index in [1.54, 1.807) is 7.11 Å². The van der Waals surface area contributed by atoms with Gasteiger partial charge < -0.3 is 4.74 Å². The summed E-state index contributed by atoms with van der Waals surface area (Å²) >= 11 is 0. The fourth-order valence-electron chi connectivity index (χ4n) is 2.56. The molecule has 0 N–H and O–H groups in total. The first kappa shape index (κ1) is 15.3. The minimum Gasteiger partial charge on any atom is -0.496 e. The third-order valence-corrected chi connectivity index (χ3v) is 3.83. The van der Waals surface area contributed by atoms with Crippen LogP contribution in [0.5, 0.6) is 5.75 Å². The van der Waals surface area contributed by atoms with Crippen LogP contribution in [0.15, 0.2) is 54.6 Å². The number of ether oxygens (including phenoxy) is 1. The number of carbonyl (C=O) groups excluding carboxylic acids is 1. The Kier molecular flexibility index (Phi) is 5.56. The summed E-state index contributed by atoms with van der Waals surface area (Å²) in [6.07, 6.45) is 2.50. The van der Waals surface area contributed by atoms with Crippen LogP contribution in [-0.2, 0) is 6.42 Å². The summed E-state index contributed by atoms with van der Waals surface area (Å²) in [6, 6.07) is 17.8. The average molecular weight is 282 g/mol. The fraction of sp³-hybridized carbons (Fsp3) is 0.316. The van der Waals surface area contributed by atoms with E-state index in [4.69, 9.17) is 4.74 Å². The van der Waals surface area contributed by atoms with Crippen LogP contribution in [0.3, 0.4) is 0 Å². The first-order chi connectivity index (χ1) is 10.2. The van der Waals surface area contributed by atoms with Crippen LogP contribution in [0, 0.1) is 5.92 Å². The van der Waals surface area contributed by atoms with Gasteiger partial charge in [0.15, 0.2) is 5.78 Å². The van der Waals surface area contributed by atoms with E-state index < -0.39 is 0 Å². The van der Waals surface area contributed by atoms with E-state index in [0.717, 1.165) is 12.8 Å². The van der Waals surface area contributed by atoms with Gasteiger partial charge in [-0.15, -0.1) is 0 Å². The summed E-state index contributed by atoms with van der Waals surface area (Å²) in [5.41, 5.74) is 1.98. The molecule has 1 atom stereocenters. The Balaban J connectivity index is 2.06. The summed E-state index contributed by atoms with van der Waals surface area (Å²) in [5, 5.41) is 0. The van der Waals surface area contributed by atoms with E-state index in [1.807, 2.05) is 42.5 Å². The van der Waals surface area contributed by atoms with Crippen molar-refractivity contribution in [3.63, 3.8) is 0 Å². The van der Waals surface area contributed by atoms with Crippen molar-refractivity contribution in [2.45, 2.75) is 26.2 Å². The molecule has 2 aromatic rings. The molecule has 0 saturated heterocycles. The number of para-hydroxylation sites is 1. The molecule has 0 saturated carbocycles. The van der Waals surface area contributed by atoms with Gasteiger partial charge in [0, 0.05) is 6.42 Å². The van der Waals surface area contributed by atoms with Crippen LogP contribution in [-0.4, -0.2) is 12.9 Å². The molecule has 2 rings (SSSR count). The minimum atomic E-state index is 0.162. The number of rotatable bonds is 7. The first-order valence-corrected chi connectivity index (χ1v) is 7.44. The number of methoxy groups -OCH3 is 1. The molecule has 2 heteroatoms. The van der Waals surface area contributed by atoms with Crippen LogP contribution in [0.4, 0.5) is 0 Å². The summed E-state index contributed by atoms with van der Waals surface area (Å²) < 4.78 is 5.28. The molecule has 21 heavy (non-hydrogen) atoms. The van der Waals surface area contributed by atoms with Crippen molar-refractivity contribution in [1.29, 1.82) is 0 Å². The maximum atomic E-state index is 12.5. The van der Waals surface area contributed by atoms with Gasteiger partial charge in [0.05, 0.1) is 12.7 Å². The van der Waals surface area contributed by atoms with Crippen LogP contribution >= 0.6 is 0 Å². The normalized spacial score (nSPS) is 11.9. The highest BCUT2D eigenvalue weighted by molar-refractivity contribution is 5.98. The number of hydrogen-bond acceptors (Lipinski definition) is 2. The average Bonchev–Trinajstić information content (AvgIpc) is 2.55. The summed E-state index contributed by atoms with van der Waals surface area (Å²) in [4.78, 5) is 12.5. The molecule has 2 nitrogen and oxygen atoms in total. The predicted octanol–water partition coefficient (Wildman–Crippen LogP) is 4.54. The minimum absolute atomic E-state index is 0.162. The highest BCUT2D eigenvalue weighted by atomic mass is 16.5. The SMILES string of the molecule is CCC(CC(=O)c1ccccc1OC)Cc1ccccc1. The molecule has 0 aliphatic heterocycles. The Morgan fingerprint density at radius 3 is 2.38 bits per heavy atom. The standard InChI is InChI=1S/C19H22O2/c1-3-15(13-16-9-5-4-6-10-16)14-18(20)17-11-7-8-12-19(17)21-2/h4-12,15H,3,13-14H2,1-2H3. The topological polar surface area (TPSA) is 26.3 Å². The largest absolute Gasteiger partial charge is 0.496 e. The molecule has 0 aliphatic rings. The third kappa shape index (κ3) is 4.19. The molecule has 0 heterocycles. The van der Waals surface area contributed by atoms with Gasteiger partial charge in [-0.2, -0.15) is 0 Å². The quantitative estimate of drug-likeness (QED) is 0.697. The fourth-order valence-corrected chi connectivity index (χ4v) is 2.56. The molecule has 0 spiro atoms. The molecule has 0 bridgehead atoms. The molecule has 110 valence electrons. The van der Waals surface area contributed by atoms with Gasteiger partial charge in [-0.1, -0.05) is 55.8 Å². The Bertz CT molecular complexity index is 575. The highest BCUT2D eigenvalue weighted by Crippen LogP contribution is 2.23. The molecule has 0 amide bonds. The smallest absolute Gasteiger partial charge is 0.166 e. The van der Waals surface area contributed by atoms with E-state index >= 15 is 0 Å². The second-order valence-corrected chi connectivity index (χ2v) is 5.29. The van der Waals surface area contributed by atoms with Crippen molar-refractivity contribution in [2.24, 2.45) is 5.92 Å². The lowest BCUT2D eigenvalue weighted by atomic mass is 9.90. The van der Waals surface area contributed by atoms with Crippen molar-refractivity contribution < 1.29 is 9.53 Å². The van der Waals surface area contributed by atoms with Crippen molar-refractivity contribution in [1.82, 2.24) is 0 Å². The second kappa shape index (κ2) is 7.63. The summed E-state index contributed by atoms with van der Waals surface area (Å²) in [7, 11) is 1.60. The Hall–Kier alpha value is -2.09. The van der Waals surface area contributed by atoms with Gasteiger partial charge in [-0.3, -0.25) is 4.79 Å². The zero-order valence-electron chi connectivity index (χ0n) is 12.7. The molecule has 0 radical (unpaired) electrons. The maximum Gasteiger partial charge on any atom is 0.166 e. The van der Waals surface area contributed by atoms with E-state index in [-0.39, 0.29) is 5.78 Å². The summed E-state index contributed by atoms with van der Waals surface area (Å²) in [5.74, 6) is 1.19. The van der Waals surface area contributed by atoms with Gasteiger partial charge in [-0.05, 0) is 30.0 Å². The van der Waals surface area contributed by atoms with Gasteiger partial charge in [-0.25, -0.2) is 0 Å².